The second kappa shape index (κ2) is 7.64. The van der Waals surface area contributed by atoms with Crippen molar-refractivity contribution in [1.29, 1.82) is 0 Å². The third kappa shape index (κ3) is 4.58. The Labute approximate surface area is 140 Å². The Balaban J connectivity index is 1.50. The number of aryl methyl sites for hydroxylation is 1. The minimum atomic E-state index is 0.0389. The zero-order valence-electron chi connectivity index (χ0n) is 13.2. The number of rotatable bonds is 5. The summed E-state index contributed by atoms with van der Waals surface area (Å²) in [6, 6.07) is 8.25. The van der Waals surface area contributed by atoms with Crippen LogP contribution in [0.3, 0.4) is 0 Å². The molecule has 0 atom stereocenters. The molecule has 1 aliphatic carbocycles. The van der Waals surface area contributed by atoms with Crippen LogP contribution in [-0.4, -0.2) is 27.9 Å². The van der Waals surface area contributed by atoms with Crippen molar-refractivity contribution in [3.05, 3.63) is 29.8 Å². The molecule has 1 heterocycles. The third-order valence-electron chi connectivity index (χ3n) is 4.00. The monoisotopic (exact) mass is 331 g/mol. The van der Waals surface area contributed by atoms with E-state index in [0.29, 0.717) is 22.9 Å². The van der Waals surface area contributed by atoms with Gasteiger partial charge in [0, 0.05) is 11.6 Å². The summed E-state index contributed by atoms with van der Waals surface area (Å²) in [7, 11) is 0. The Morgan fingerprint density at radius 1 is 1.22 bits per heavy atom. The van der Waals surface area contributed by atoms with Gasteiger partial charge in [-0.2, -0.15) is 0 Å². The summed E-state index contributed by atoms with van der Waals surface area (Å²) >= 11 is 1.28. The van der Waals surface area contributed by atoms with Gasteiger partial charge in [-0.3, -0.25) is 4.79 Å². The maximum Gasteiger partial charge on any atom is 0.277 e. The van der Waals surface area contributed by atoms with Gasteiger partial charge in [0.05, 0.1) is 5.75 Å². The van der Waals surface area contributed by atoms with E-state index in [1.165, 1.54) is 36.6 Å². The number of aromatic nitrogens is 2. The normalized spacial score (nSPS) is 15.5. The van der Waals surface area contributed by atoms with Crippen LogP contribution in [0.2, 0.25) is 0 Å². The van der Waals surface area contributed by atoms with Crippen LogP contribution in [0.1, 0.15) is 37.7 Å². The van der Waals surface area contributed by atoms with Crippen molar-refractivity contribution in [2.45, 2.75) is 50.3 Å². The average Bonchev–Trinajstić information content (AvgIpc) is 3.04. The summed E-state index contributed by atoms with van der Waals surface area (Å²) in [5, 5.41) is 11.6. The largest absolute Gasteiger partial charge is 0.411 e. The van der Waals surface area contributed by atoms with Crippen molar-refractivity contribution in [1.82, 2.24) is 15.5 Å². The van der Waals surface area contributed by atoms with E-state index in [-0.39, 0.29) is 5.91 Å². The van der Waals surface area contributed by atoms with Crippen molar-refractivity contribution >= 4 is 17.7 Å². The predicted octanol–water partition coefficient (Wildman–Crippen LogP) is 3.59. The minimum absolute atomic E-state index is 0.0389. The number of carbonyl (C=O) groups is 1. The van der Waals surface area contributed by atoms with Crippen molar-refractivity contribution in [3.8, 4) is 11.5 Å². The molecule has 0 spiro atoms. The van der Waals surface area contributed by atoms with Crippen LogP contribution in [0.5, 0.6) is 0 Å². The van der Waals surface area contributed by atoms with Gasteiger partial charge >= 0.3 is 0 Å². The van der Waals surface area contributed by atoms with Crippen molar-refractivity contribution in [2.24, 2.45) is 0 Å². The molecule has 3 rings (SSSR count). The lowest BCUT2D eigenvalue weighted by atomic mass is 9.95. The van der Waals surface area contributed by atoms with Gasteiger partial charge in [0.25, 0.3) is 5.22 Å². The zero-order chi connectivity index (χ0) is 16.1. The van der Waals surface area contributed by atoms with Crippen molar-refractivity contribution in [3.63, 3.8) is 0 Å². The molecule has 1 aliphatic rings. The lowest BCUT2D eigenvalue weighted by Gasteiger charge is -2.22. The van der Waals surface area contributed by atoms with Crippen LogP contribution in [-0.2, 0) is 4.79 Å². The fourth-order valence-corrected chi connectivity index (χ4v) is 3.30. The smallest absolute Gasteiger partial charge is 0.277 e. The maximum absolute atomic E-state index is 12.0. The second-order valence-corrected chi connectivity index (χ2v) is 6.86. The van der Waals surface area contributed by atoms with Gasteiger partial charge in [0.1, 0.15) is 0 Å². The van der Waals surface area contributed by atoms with Crippen molar-refractivity contribution < 1.29 is 9.21 Å². The number of nitrogens with zero attached hydrogens (tertiary/aromatic N) is 2. The average molecular weight is 331 g/mol. The Morgan fingerprint density at radius 3 is 2.70 bits per heavy atom. The molecular formula is C17H21N3O2S. The highest BCUT2D eigenvalue weighted by molar-refractivity contribution is 7.99. The van der Waals surface area contributed by atoms with Gasteiger partial charge in [0.2, 0.25) is 11.8 Å². The minimum Gasteiger partial charge on any atom is -0.411 e. The molecule has 0 radical (unpaired) electrons. The van der Waals surface area contributed by atoms with Gasteiger partial charge in [-0.15, -0.1) is 10.2 Å². The quantitative estimate of drug-likeness (QED) is 0.848. The molecule has 0 saturated heterocycles. The molecule has 1 N–H and O–H groups in total. The van der Waals surface area contributed by atoms with E-state index in [9.17, 15) is 4.79 Å². The van der Waals surface area contributed by atoms with E-state index in [4.69, 9.17) is 4.42 Å². The number of amides is 1. The summed E-state index contributed by atoms with van der Waals surface area (Å²) < 4.78 is 5.61. The Hall–Kier alpha value is -1.82. The second-order valence-electron chi connectivity index (χ2n) is 5.93. The summed E-state index contributed by atoms with van der Waals surface area (Å²) in [4.78, 5) is 12.0. The van der Waals surface area contributed by atoms with Crippen LogP contribution >= 0.6 is 11.8 Å². The molecule has 23 heavy (non-hydrogen) atoms. The highest BCUT2D eigenvalue weighted by Gasteiger charge is 2.17. The number of thioether (sulfide) groups is 1. The van der Waals surface area contributed by atoms with Gasteiger partial charge in [-0.1, -0.05) is 48.7 Å². The molecule has 0 bridgehead atoms. The van der Waals surface area contributed by atoms with Crippen LogP contribution in [0, 0.1) is 6.92 Å². The predicted molar refractivity (Wildman–Crippen MR) is 90.2 cm³/mol. The number of nitrogens with one attached hydrogen (secondary N) is 1. The lowest BCUT2D eigenvalue weighted by molar-refractivity contribution is -0.119. The van der Waals surface area contributed by atoms with Gasteiger partial charge in [0.15, 0.2) is 0 Å². The fourth-order valence-electron chi connectivity index (χ4n) is 2.72. The van der Waals surface area contributed by atoms with Crippen LogP contribution in [0.25, 0.3) is 11.5 Å². The summed E-state index contributed by atoms with van der Waals surface area (Å²) in [5.41, 5.74) is 2.07. The van der Waals surface area contributed by atoms with E-state index in [1.807, 2.05) is 31.2 Å². The van der Waals surface area contributed by atoms with Gasteiger partial charge in [-0.25, -0.2) is 0 Å². The van der Waals surface area contributed by atoms with Crippen LogP contribution in [0.4, 0.5) is 0 Å². The molecule has 1 aromatic heterocycles. The summed E-state index contributed by atoms with van der Waals surface area (Å²) in [6.07, 6.45) is 5.89. The molecule has 1 aromatic carbocycles. The number of carbonyl (C=O) groups excluding carboxylic acids is 1. The van der Waals surface area contributed by atoms with E-state index < -0.39 is 0 Å². The first kappa shape index (κ1) is 16.1. The SMILES string of the molecule is Cc1ccc(-c2nnc(SCC(=O)NC3CCCCC3)o2)cc1. The standard InChI is InChI=1S/C17H21N3O2S/c1-12-7-9-13(10-8-12)16-19-20-17(22-16)23-11-15(21)18-14-5-3-2-4-6-14/h7-10,14H,2-6,11H2,1H3,(H,18,21). The molecular weight excluding hydrogens is 310 g/mol. The molecule has 6 heteroatoms. The Kier molecular flexibility index (Phi) is 5.33. The lowest BCUT2D eigenvalue weighted by Crippen LogP contribution is -2.37. The molecule has 0 unspecified atom stereocenters. The number of hydrogen-bond donors (Lipinski definition) is 1. The maximum atomic E-state index is 12.0. The molecule has 1 fully saturated rings. The molecule has 1 amide bonds. The van der Waals surface area contributed by atoms with E-state index in [0.717, 1.165) is 18.4 Å². The molecule has 2 aromatic rings. The zero-order valence-corrected chi connectivity index (χ0v) is 14.1. The summed E-state index contributed by atoms with van der Waals surface area (Å²) in [6.45, 7) is 2.03. The Morgan fingerprint density at radius 2 is 1.96 bits per heavy atom. The highest BCUT2D eigenvalue weighted by Crippen LogP contribution is 2.23. The highest BCUT2D eigenvalue weighted by atomic mass is 32.2. The molecule has 122 valence electrons. The molecule has 0 aliphatic heterocycles. The van der Waals surface area contributed by atoms with Gasteiger partial charge < -0.3 is 9.73 Å². The number of benzene rings is 1. The topological polar surface area (TPSA) is 68.0 Å². The van der Waals surface area contributed by atoms with Crippen molar-refractivity contribution in [2.75, 3.05) is 5.75 Å². The van der Waals surface area contributed by atoms with Crippen LogP contribution < -0.4 is 5.32 Å². The first-order chi connectivity index (χ1) is 11.2. The van der Waals surface area contributed by atoms with E-state index in [2.05, 4.69) is 15.5 Å². The van der Waals surface area contributed by atoms with E-state index in [1.54, 1.807) is 0 Å². The van der Waals surface area contributed by atoms with E-state index >= 15 is 0 Å². The summed E-state index contributed by atoms with van der Waals surface area (Å²) in [5.74, 6) is 0.837. The molecule has 1 saturated carbocycles. The first-order valence-corrected chi connectivity index (χ1v) is 9.02. The van der Waals surface area contributed by atoms with Crippen LogP contribution in [0.15, 0.2) is 33.9 Å². The third-order valence-corrected chi connectivity index (χ3v) is 4.82. The Bertz CT molecular complexity index is 648. The fraction of sp³-hybridized carbons (Fsp3) is 0.471. The number of hydrogen-bond acceptors (Lipinski definition) is 5. The van der Waals surface area contributed by atoms with Gasteiger partial charge in [-0.05, 0) is 31.9 Å². The molecule has 5 nitrogen and oxygen atoms in total. The first-order valence-electron chi connectivity index (χ1n) is 8.03.